The van der Waals surface area contributed by atoms with Gasteiger partial charge in [0.2, 0.25) is 0 Å². The van der Waals surface area contributed by atoms with Crippen molar-refractivity contribution in [1.82, 2.24) is 14.8 Å². The Kier molecular flexibility index (Phi) is 7.33. The summed E-state index contributed by atoms with van der Waals surface area (Å²) in [7, 11) is 2.99. The van der Waals surface area contributed by atoms with Crippen molar-refractivity contribution in [2.75, 3.05) is 31.5 Å². The van der Waals surface area contributed by atoms with E-state index in [0.717, 1.165) is 11.0 Å². The first-order valence-electron chi connectivity index (χ1n) is 11.3. The van der Waals surface area contributed by atoms with Crippen molar-refractivity contribution in [3.63, 3.8) is 0 Å². The lowest BCUT2D eigenvalue weighted by molar-refractivity contribution is -0.118. The monoisotopic (exact) mass is 489 g/mol. The first-order chi connectivity index (χ1) is 17.4. The molecule has 4 aromatic rings. The van der Waals surface area contributed by atoms with Crippen LogP contribution < -0.4 is 24.8 Å². The smallest absolute Gasteiger partial charge is 0.262 e. The lowest BCUT2D eigenvalue weighted by Crippen LogP contribution is -2.20. The Bertz CT molecular complexity index is 1400. The molecular formula is C26H27N5O5. The Labute approximate surface area is 208 Å². The maximum atomic E-state index is 12.8. The summed E-state index contributed by atoms with van der Waals surface area (Å²) in [6.45, 7) is 3.80. The van der Waals surface area contributed by atoms with Gasteiger partial charge >= 0.3 is 0 Å². The number of rotatable bonds is 9. The highest BCUT2D eigenvalue weighted by atomic mass is 16.5. The van der Waals surface area contributed by atoms with Gasteiger partial charge in [0.25, 0.3) is 11.8 Å². The van der Waals surface area contributed by atoms with E-state index in [1.165, 1.54) is 14.2 Å². The van der Waals surface area contributed by atoms with E-state index < -0.39 is 0 Å². The van der Waals surface area contributed by atoms with Gasteiger partial charge in [-0.25, -0.2) is 9.67 Å². The van der Waals surface area contributed by atoms with Crippen LogP contribution in [0.2, 0.25) is 0 Å². The molecule has 2 aromatic heterocycles. The van der Waals surface area contributed by atoms with Crippen LogP contribution in [0.4, 0.5) is 11.4 Å². The topological polar surface area (TPSA) is 117 Å². The van der Waals surface area contributed by atoms with E-state index in [1.54, 1.807) is 48.8 Å². The van der Waals surface area contributed by atoms with Crippen molar-refractivity contribution in [2.24, 2.45) is 0 Å². The molecule has 0 aliphatic heterocycles. The van der Waals surface area contributed by atoms with Crippen LogP contribution >= 0.6 is 0 Å². The molecule has 2 aromatic carbocycles. The van der Waals surface area contributed by atoms with Crippen LogP contribution in [-0.2, 0) is 4.79 Å². The second-order valence-corrected chi connectivity index (χ2v) is 8.18. The van der Waals surface area contributed by atoms with Crippen molar-refractivity contribution < 1.29 is 23.8 Å². The summed E-state index contributed by atoms with van der Waals surface area (Å²) in [6, 6.07) is 13.8. The number of benzene rings is 2. The van der Waals surface area contributed by atoms with Gasteiger partial charge < -0.3 is 24.8 Å². The molecule has 0 aliphatic carbocycles. The summed E-state index contributed by atoms with van der Waals surface area (Å²) in [5.41, 5.74) is 2.19. The van der Waals surface area contributed by atoms with Crippen molar-refractivity contribution in [2.45, 2.75) is 19.9 Å². The first-order valence-corrected chi connectivity index (χ1v) is 11.3. The zero-order valence-electron chi connectivity index (χ0n) is 20.4. The number of hydrogen-bond donors (Lipinski definition) is 2. The Hall–Kier alpha value is -4.60. The molecule has 0 fully saturated rings. The fourth-order valence-corrected chi connectivity index (χ4v) is 3.60. The number of methoxy groups -OCH3 is 2. The Balaban J connectivity index is 1.41. The van der Waals surface area contributed by atoms with Gasteiger partial charge in [-0.3, -0.25) is 9.59 Å². The fraction of sp³-hybridized carbons (Fsp3) is 0.231. The van der Waals surface area contributed by atoms with Crippen molar-refractivity contribution in [3.8, 4) is 17.2 Å². The average Bonchev–Trinajstić information content (AvgIpc) is 3.31. The highest BCUT2D eigenvalue weighted by Gasteiger charge is 2.15. The Morgan fingerprint density at radius 1 is 0.944 bits per heavy atom. The molecule has 186 valence electrons. The van der Waals surface area contributed by atoms with Gasteiger partial charge in [0.1, 0.15) is 5.75 Å². The van der Waals surface area contributed by atoms with Crippen molar-refractivity contribution >= 4 is 34.2 Å². The molecule has 10 heteroatoms. The molecule has 0 saturated carbocycles. The predicted molar refractivity (Wildman–Crippen MR) is 136 cm³/mol. The van der Waals surface area contributed by atoms with Gasteiger partial charge in [0, 0.05) is 17.0 Å². The summed E-state index contributed by atoms with van der Waals surface area (Å²) in [6.07, 6.45) is 3.31. The van der Waals surface area contributed by atoms with Gasteiger partial charge in [-0.2, -0.15) is 5.10 Å². The Morgan fingerprint density at radius 3 is 2.47 bits per heavy atom. The molecule has 0 atom stereocenters. The summed E-state index contributed by atoms with van der Waals surface area (Å²) in [5, 5.41) is 10.7. The molecular weight excluding hydrogens is 462 g/mol. The number of carbonyl (C=O) groups is 2. The van der Waals surface area contributed by atoms with E-state index in [2.05, 4.69) is 20.7 Å². The SMILES string of the molecule is COc1ccccc1NC(=O)COc1ccc(C(=O)Nc2cnc3c(cnn3C(C)C)c2)cc1OC. The predicted octanol–water partition coefficient (Wildman–Crippen LogP) is 4.30. The molecule has 10 nitrogen and oxygen atoms in total. The maximum Gasteiger partial charge on any atom is 0.262 e. The molecule has 0 unspecified atom stereocenters. The van der Waals surface area contributed by atoms with Gasteiger partial charge in [-0.15, -0.1) is 0 Å². The third-order valence-electron chi connectivity index (χ3n) is 5.35. The third kappa shape index (κ3) is 5.38. The molecule has 0 radical (unpaired) electrons. The van der Waals surface area contributed by atoms with Gasteiger partial charge in [0.15, 0.2) is 23.8 Å². The number of ether oxygens (including phenoxy) is 3. The van der Waals surface area contributed by atoms with E-state index >= 15 is 0 Å². The summed E-state index contributed by atoms with van der Waals surface area (Å²) in [5.74, 6) is 0.480. The van der Waals surface area contributed by atoms with Crippen LogP contribution in [-0.4, -0.2) is 47.4 Å². The number of fused-ring (bicyclic) bond motifs is 1. The number of amides is 2. The zero-order chi connectivity index (χ0) is 25.7. The number of carbonyl (C=O) groups excluding carboxylic acids is 2. The first kappa shape index (κ1) is 24.5. The number of aromatic nitrogens is 3. The van der Waals surface area contributed by atoms with E-state index in [9.17, 15) is 9.59 Å². The van der Waals surface area contributed by atoms with Crippen molar-refractivity contribution in [1.29, 1.82) is 0 Å². The number of anilines is 2. The van der Waals surface area contributed by atoms with Crippen molar-refractivity contribution in [3.05, 3.63) is 66.5 Å². The number of pyridine rings is 1. The highest BCUT2D eigenvalue weighted by Crippen LogP contribution is 2.29. The third-order valence-corrected chi connectivity index (χ3v) is 5.35. The minimum atomic E-state index is -0.368. The average molecular weight is 490 g/mol. The molecule has 0 saturated heterocycles. The van der Waals surface area contributed by atoms with Crippen LogP contribution in [0.25, 0.3) is 11.0 Å². The van der Waals surface area contributed by atoms with E-state index in [0.29, 0.717) is 34.2 Å². The normalized spacial score (nSPS) is 10.8. The molecule has 0 bridgehead atoms. The molecule has 36 heavy (non-hydrogen) atoms. The van der Waals surface area contributed by atoms with E-state index in [-0.39, 0.29) is 24.5 Å². The van der Waals surface area contributed by atoms with Crippen LogP contribution in [0, 0.1) is 0 Å². The lowest BCUT2D eigenvalue weighted by Gasteiger charge is -2.13. The lowest BCUT2D eigenvalue weighted by atomic mass is 10.2. The van der Waals surface area contributed by atoms with Crippen LogP contribution in [0.5, 0.6) is 17.2 Å². The molecule has 2 heterocycles. The fourth-order valence-electron chi connectivity index (χ4n) is 3.60. The van der Waals surface area contributed by atoms with E-state index in [4.69, 9.17) is 14.2 Å². The van der Waals surface area contributed by atoms with Crippen LogP contribution in [0.3, 0.4) is 0 Å². The summed E-state index contributed by atoms with van der Waals surface area (Å²) < 4.78 is 18.1. The van der Waals surface area contributed by atoms with Gasteiger partial charge in [-0.1, -0.05) is 12.1 Å². The number of para-hydroxylation sites is 2. The van der Waals surface area contributed by atoms with Crippen LogP contribution in [0.1, 0.15) is 30.2 Å². The van der Waals surface area contributed by atoms with Gasteiger partial charge in [-0.05, 0) is 50.2 Å². The largest absolute Gasteiger partial charge is 0.495 e. The summed E-state index contributed by atoms with van der Waals surface area (Å²) >= 11 is 0. The quantitative estimate of drug-likeness (QED) is 0.360. The second-order valence-electron chi connectivity index (χ2n) is 8.18. The highest BCUT2D eigenvalue weighted by molar-refractivity contribution is 6.05. The molecule has 2 N–H and O–H groups in total. The minimum absolute atomic E-state index is 0.177. The maximum absolute atomic E-state index is 12.8. The van der Waals surface area contributed by atoms with Crippen LogP contribution in [0.15, 0.2) is 60.9 Å². The summed E-state index contributed by atoms with van der Waals surface area (Å²) in [4.78, 5) is 29.6. The standard InChI is InChI=1S/C26H27N5O5/c1-16(2)31-25-18(13-28-31)11-19(14-27-25)29-26(33)17-9-10-22(23(12-17)35-4)36-15-24(32)30-20-7-5-6-8-21(20)34-3/h5-14,16H,15H2,1-4H3,(H,29,33)(H,30,32). The Morgan fingerprint density at radius 2 is 1.72 bits per heavy atom. The second kappa shape index (κ2) is 10.8. The molecule has 4 rings (SSSR count). The van der Waals surface area contributed by atoms with E-state index in [1.807, 2.05) is 30.7 Å². The van der Waals surface area contributed by atoms with Gasteiger partial charge in [0.05, 0.1) is 38.0 Å². The number of hydrogen-bond acceptors (Lipinski definition) is 7. The molecule has 0 aliphatic rings. The minimum Gasteiger partial charge on any atom is -0.495 e. The molecule has 2 amide bonds. The zero-order valence-corrected chi connectivity index (χ0v) is 20.4. The number of nitrogens with one attached hydrogen (secondary N) is 2. The molecule has 0 spiro atoms. The number of nitrogens with zero attached hydrogens (tertiary/aromatic N) is 3.